The molecule has 0 saturated carbocycles. The number of unbranched alkanes of at least 4 members (excludes halogenated alkanes) is 1. The minimum absolute atomic E-state index is 0.0889. The molecule has 0 aliphatic heterocycles. The summed E-state index contributed by atoms with van der Waals surface area (Å²) in [6.07, 6.45) is 1.08. The van der Waals surface area contributed by atoms with Crippen LogP contribution in [0.25, 0.3) is 11.0 Å². The topological polar surface area (TPSA) is 85.4 Å². The molecule has 2 N–H and O–H groups in total. The van der Waals surface area contributed by atoms with Crippen molar-refractivity contribution >= 4 is 34.5 Å². The highest BCUT2D eigenvalue weighted by atomic mass is 35.5. The van der Waals surface area contributed by atoms with Gasteiger partial charge in [-0.25, -0.2) is 19.2 Å². The third-order valence-electron chi connectivity index (χ3n) is 3.46. The van der Waals surface area contributed by atoms with Crippen molar-refractivity contribution in [2.75, 3.05) is 25.5 Å². The first-order chi connectivity index (χ1) is 12.7. The lowest BCUT2D eigenvalue weighted by molar-refractivity contribution is 0.0527. The van der Waals surface area contributed by atoms with Gasteiger partial charge >= 0.3 is 6.09 Å². The Labute approximate surface area is 162 Å². The van der Waals surface area contributed by atoms with Crippen molar-refractivity contribution in [2.24, 2.45) is 0 Å². The number of carbonyl (C=O) groups is 1. The Morgan fingerprint density at radius 2 is 1.85 bits per heavy atom. The summed E-state index contributed by atoms with van der Waals surface area (Å²) >= 11 is 6.14. The van der Waals surface area contributed by atoms with Crippen LogP contribution in [-0.2, 0) is 4.74 Å². The molecule has 1 heterocycles. The number of nitrogens with zero attached hydrogens (tertiary/aromatic N) is 2. The minimum atomic E-state index is -0.513. The van der Waals surface area contributed by atoms with Gasteiger partial charge in [-0.1, -0.05) is 11.6 Å². The van der Waals surface area contributed by atoms with Gasteiger partial charge < -0.3 is 20.1 Å². The number of rotatable bonds is 7. The van der Waals surface area contributed by atoms with Crippen LogP contribution >= 0.6 is 11.6 Å². The zero-order valence-electron chi connectivity index (χ0n) is 15.9. The van der Waals surface area contributed by atoms with Crippen molar-refractivity contribution in [3.63, 3.8) is 0 Å². The Balaban J connectivity index is 1.83. The predicted molar refractivity (Wildman–Crippen MR) is 103 cm³/mol. The second-order valence-electron chi connectivity index (χ2n) is 6.90. The highest BCUT2D eigenvalue weighted by Crippen LogP contribution is 2.26. The first-order valence-corrected chi connectivity index (χ1v) is 8.99. The van der Waals surface area contributed by atoms with E-state index in [0.717, 1.165) is 12.8 Å². The Morgan fingerprint density at radius 3 is 2.52 bits per heavy atom. The number of nitrogens with one attached hydrogen (secondary N) is 2. The summed E-state index contributed by atoms with van der Waals surface area (Å²) in [6, 6.07) is 2.71. The van der Waals surface area contributed by atoms with Gasteiger partial charge in [-0.2, -0.15) is 0 Å². The van der Waals surface area contributed by atoms with Crippen molar-refractivity contribution in [3.8, 4) is 5.75 Å². The van der Waals surface area contributed by atoms with Crippen molar-refractivity contribution in [1.29, 1.82) is 0 Å². The summed E-state index contributed by atoms with van der Waals surface area (Å²) in [5.41, 5.74) is 0.317. The Morgan fingerprint density at radius 1 is 1.19 bits per heavy atom. The van der Waals surface area contributed by atoms with Crippen molar-refractivity contribution in [1.82, 2.24) is 15.3 Å². The molecule has 27 heavy (non-hydrogen) atoms. The molecule has 0 aliphatic carbocycles. The number of aromatic nitrogens is 2. The number of halogens is 2. The van der Waals surface area contributed by atoms with E-state index in [-0.39, 0.29) is 10.9 Å². The van der Waals surface area contributed by atoms with Crippen LogP contribution in [0.3, 0.4) is 0 Å². The Kier molecular flexibility index (Phi) is 7.01. The van der Waals surface area contributed by atoms with Crippen LogP contribution in [0.15, 0.2) is 12.1 Å². The van der Waals surface area contributed by atoms with Gasteiger partial charge in [-0.3, -0.25) is 0 Å². The molecular weight excluding hydrogens is 375 g/mol. The lowest BCUT2D eigenvalue weighted by Gasteiger charge is -2.19. The number of amides is 1. The van der Waals surface area contributed by atoms with Gasteiger partial charge in [0.1, 0.15) is 5.60 Å². The van der Waals surface area contributed by atoms with Crippen LogP contribution < -0.4 is 15.4 Å². The molecule has 0 saturated heterocycles. The summed E-state index contributed by atoms with van der Waals surface area (Å²) in [5.74, 6) is -0.0410. The van der Waals surface area contributed by atoms with E-state index in [2.05, 4.69) is 20.6 Å². The summed E-state index contributed by atoms with van der Waals surface area (Å²) < 4.78 is 23.9. The van der Waals surface area contributed by atoms with Gasteiger partial charge in [-0.05, 0) is 33.6 Å². The summed E-state index contributed by atoms with van der Waals surface area (Å²) in [6.45, 7) is 6.51. The van der Waals surface area contributed by atoms with E-state index in [1.165, 1.54) is 19.2 Å². The molecule has 0 atom stereocenters. The van der Waals surface area contributed by atoms with E-state index in [1.54, 1.807) is 0 Å². The van der Waals surface area contributed by atoms with Crippen LogP contribution in [0, 0.1) is 5.82 Å². The van der Waals surface area contributed by atoms with Crippen LogP contribution in [0.4, 0.5) is 15.0 Å². The van der Waals surface area contributed by atoms with Crippen molar-refractivity contribution < 1.29 is 18.7 Å². The molecule has 0 fully saturated rings. The Hall–Kier alpha value is -2.35. The molecule has 9 heteroatoms. The van der Waals surface area contributed by atoms with E-state index >= 15 is 0 Å². The monoisotopic (exact) mass is 398 g/mol. The highest BCUT2D eigenvalue weighted by Gasteiger charge is 2.15. The number of anilines is 1. The number of hydrogen-bond acceptors (Lipinski definition) is 6. The maximum atomic E-state index is 13.8. The molecule has 0 aliphatic rings. The van der Waals surface area contributed by atoms with E-state index < -0.39 is 17.5 Å². The lowest BCUT2D eigenvalue weighted by Crippen LogP contribution is -2.33. The number of alkyl carbamates (subject to hydrolysis) is 1. The summed E-state index contributed by atoms with van der Waals surface area (Å²) in [4.78, 5) is 20.1. The fraction of sp³-hybridized carbons (Fsp3) is 0.500. The average Bonchev–Trinajstić information content (AvgIpc) is 2.56. The normalized spacial score (nSPS) is 11.3. The molecule has 1 amide bonds. The molecule has 0 radical (unpaired) electrons. The molecular formula is C18H24ClFN4O3. The Bertz CT molecular complexity index is 811. The second-order valence-corrected chi connectivity index (χ2v) is 7.26. The van der Waals surface area contributed by atoms with Gasteiger partial charge in [0.15, 0.2) is 22.5 Å². The van der Waals surface area contributed by atoms with Gasteiger partial charge in [0.2, 0.25) is 0 Å². The van der Waals surface area contributed by atoms with Gasteiger partial charge in [0.25, 0.3) is 0 Å². The van der Waals surface area contributed by atoms with Gasteiger partial charge in [0.05, 0.1) is 18.1 Å². The van der Waals surface area contributed by atoms with Crippen LogP contribution in [0.1, 0.15) is 33.6 Å². The number of ether oxygens (including phenoxy) is 2. The number of methoxy groups -OCH3 is 1. The highest BCUT2D eigenvalue weighted by molar-refractivity contribution is 6.32. The molecule has 7 nitrogen and oxygen atoms in total. The smallest absolute Gasteiger partial charge is 0.407 e. The molecule has 2 rings (SSSR count). The van der Waals surface area contributed by atoms with Crippen LogP contribution in [0.2, 0.25) is 5.15 Å². The van der Waals surface area contributed by atoms with E-state index in [0.29, 0.717) is 29.9 Å². The number of hydrogen-bond donors (Lipinski definition) is 2. The number of benzene rings is 1. The van der Waals surface area contributed by atoms with Crippen LogP contribution in [0.5, 0.6) is 5.75 Å². The predicted octanol–water partition coefficient (Wildman–Crippen LogP) is 4.15. The van der Waals surface area contributed by atoms with Gasteiger partial charge in [-0.15, -0.1) is 0 Å². The average molecular weight is 399 g/mol. The third-order valence-corrected chi connectivity index (χ3v) is 3.72. The number of carbonyl (C=O) groups excluding carboxylic acids is 1. The zero-order chi connectivity index (χ0) is 20.0. The second kappa shape index (κ2) is 9.03. The lowest BCUT2D eigenvalue weighted by atomic mass is 10.2. The van der Waals surface area contributed by atoms with E-state index in [4.69, 9.17) is 21.1 Å². The molecule has 148 valence electrons. The van der Waals surface area contributed by atoms with Gasteiger partial charge in [0, 0.05) is 25.2 Å². The molecule has 0 unspecified atom stereocenters. The molecule has 0 spiro atoms. The molecule has 1 aromatic heterocycles. The third kappa shape index (κ3) is 6.39. The largest absolute Gasteiger partial charge is 0.494 e. The maximum absolute atomic E-state index is 13.8. The van der Waals surface area contributed by atoms with E-state index in [1.807, 2.05) is 20.8 Å². The minimum Gasteiger partial charge on any atom is -0.494 e. The maximum Gasteiger partial charge on any atom is 0.407 e. The van der Waals surface area contributed by atoms with Crippen molar-refractivity contribution in [3.05, 3.63) is 23.1 Å². The zero-order valence-corrected chi connectivity index (χ0v) is 16.6. The van der Waals surface area contributed by atoms with Crippen LogP contribution in [-0.4, -0.2) is 41.9 Å². The fourth-order valence-electron chi connectivity index (χ4n) is 2.27. The SMILES string of the molecule is COc1cc2nc(Cl)c(NCCCCNC(=O)OC(C)(C)C)nc2cc1F. The first-order valence-electron chi connectivity index (χ1n) is 8.61. The first kappa shape index (κ1) is 21.0. The van der Waals surface area contributed by atoms with Crippen molar-refractivity contribution in [2.45, 2.75) is 39.2 Å². The summed E-state index contributed by atoms with van der Waals surface area (Å²) in [5, 5.41) is 5.97. The quantitative estimate of drug-likeness (QED) is 0.681. The molecule has 0 bridgehead atoms. The molecule has 1 aromatic carbocycles. The summed E-state index contributed by atoms with van der Waals surface area (Å²) in [7, 11) is 1.38. The molecule has 2 aromatic rings. The fourth-order valence-corrected chi connectivity index (χ4v) is 2.47. The number of fused-ring (bicyclic) bond motifs is 1. The standard InChI is InChI=1S/C18H24ClFN4O3/c1-18(2,3)27-17(25)22-8-6-5-7-21-16-15(19)23-13-10-14(26-4)11(20)9-12(13)24-16/h9-10H,5-8H2,1-4H3,(H,21,24)(H,22,25). The van der Waals surface area contributed by atoms with E-state index in [9.17, 15) is 9.18 Å².